The minimum absolute atomic E-state index is 0.394. The van der Waals surface area contributed by atoms with Crippen molar-refractivity contribution in [2.24, 2.45) is 0 Å². The van der Waals surface area contributed by atoms with Gasteiger partial charge in [-0.3, -0.25) is 14.3 Å². The molecule has 1 aromatic heterocycles. The molecule has 5 nitrogen and oxygen atoms in total. The molecule has 0 saturated heterocycles. The second-order valence-corrected chi connectivity index (χ2v) is 3.51. The second kappa shape index (κ2) is 3.69. The Hall–Kier alpha value is -2.30. The standard InChI is InChI=1S/C11H11N3O2/c1-7-6-10(15)13-11(16)14(7)9-4-2-8(12)3-5-9/h2-6H,12H2,1H3,(H,13,15,16). The van der Waals surface area contributed by atoms with Gasteiger partial charge in [-0.25, -0.2) is 4.79 Å². The lowest BCUT2D eigenvalue weighted by Gasteiger charge is -2.08. The summed E-state index contributed by atoms with van der Waals surface area (Å²) in [6.07, 6.45) is 0. The van der Waals surface area contributed by atoms with Crippen LogP contribution in [-0.4, -0.2) is 9.55 Å². The summed E-state index contributed by atoms with van der Waals surface area (Å²) in [5, 5.41) is 0. The van der Waals surface area contributed by atoms with Crippen LogP contribution in [0.1, 0.15) is 5.69 Å². The van der Waals surface area contributed by atoms with Crippen molar-refractivity contribution >= 4 is 5.69 Å². The van der Waals surface area contributed by atoms with E-state index in [2.05, 4.69) is 4.98 Å². The van der Waals surface area contributed by atoms with Crippen molar-refractivity contribution in [3.8, 4) is 5.69 Å². The topological polar surface area (TPSA) is 80.9 Å². The van der Waals surface area contributed by atoms with Gasteiger partial charge in [0.1, 0.15) is 0 Å². The number of aromatic amines is 1. The zero-order chi connectivity index (χ0) is 11.7. The summed E-state index contributed by atoms with van der Waals surface area (Å²) in [5.74, 6) is 0. The van der Waals surface area contributed by atoms with Gasteiger partial charge in [0.05, 0.1) is 5.69 Å². The van der Waals surface area contributed by atoms with Crippen LogP contribution in [-0.2, 0) is 0 Å². The van der Waals surface area contributed by atoms with Crippen LogP contribution in [0.25, 0.3) is 5.69 Å². The third kappa shape index (κ3) is 1.75. The molecule has 3 N–H and O–H groups in total. The molecule has 0 radical (unpaired) electrons. The van der Waals surface area contributed by atoms with E-state index in [9.17, 15) is 9.59 Å². The monoisotopic (exact) mass is 217 g/mol. The van der Waals surface area contributed by atoms with Crippen LogP contribution < -0.4 is 17.0 Å². The molecule has 0 aliphatic rings. The number of anilines is 1. The first-order valence-corrected chi connectivity index (χ1v) is 4.77. The van der Waals surface area contributed by atoms with Gasteiger partial charge in [-0.1, -0.05) is 0 Å². The van der Waals surface area contributed by atoms with Crippen molar-refractivity contribution in [1.29, 1.82) is 0 Å². The van der Waals surface area contributed by atoms with Gasteiger partial charge in [-0.15, -0.1) is 0 Å². The summed E-state index contributed by atoms with van der Waals surface area (Å²) in [6, 6.07) is 8.22. The van der Waals surface area contributed by atoms with E-state index < -0.39 is 11.2 Å². The number of hydrogen-bond donors (Lipinski definition) is 2. The van der Waals surface area contributed by atoms with Gasteiger partial charge < -0.3 is 5.73 Å². The average Bonchev–Trinajstić information content (AvgIpc) is 2.19. The number of aromatic nitrogens is 2. The number of nitrogen functional groups attached to an aromatic ring is 1. The first-order chi connectivity index (χ1) is 7.58. The molecule has 2 rings (SSSR count). The minimum Gasteiger partial charge on any atom is -0.399 e. The lowest BCUT2D eigenvalue weighted by atomic mass is 10.2. The van der Waals surface area contributed by atoms with Gasteiger partial charge in [0.25, 0.3) is 5.56 Å². The Bertz CT molecular complexity index is 623. The van der Waals surface area contributed by atoms with Crippen molar-refractivity contribution in [2.75, 3.05) is 5.73 Å². The SMILES string of the molecule is Cc1cc(=O)[nH]c(=O)n1-c1ccc(N)cc1. The molecule has 2 aromatic rings. The van der Waals surface area contributed by atoms with Crippen LogP contribution in [0.4, 0.5) is 5.69 Å². The molecular weight excluding hydrogens is 206 g/mol. The Balaban J connectivity index is 2.69. The van der Waals surface area contributed by atoms with E-state index in [-0.39, 0.29) is 0 Å². The molecule has 0 bridgehead atoms. The highest BCUT2D eigenvalue weighted by Gasteiger charge is 2.03. The lowest BCUT2D eigenvalue weighted by Crippen LogP contribution is -2.29. The van der Waals surface area contributed by atoms with E-state index >= 15 is 0 Å². The molecule has 5 heteroatoms. The Morgan fingerprint density at radius 2 is 1.81 bits per heavy atom. The van der Waals surface area contributed by atoms with E-state index in [1.54, 1.807) is 31.2 Å². The number of H-pyrrole nitrogens is 1. The predicted molar refractivity (Wildman–Crippen MR) is 61.8 cm³/mol. The van der Waals surface area contributed by atoms with Crippen molar-refractivity contribution in [3.63, 3.8) is 0 Å². The number of aryl methyl sites for hydroxylation is 1. The number of hydrogen-bond acceptors (Lipinski definition) is 3. The van der Waals surface area contributed by atoms with E-state index in [0.29, 0.717) is 17.1 Å². The summed E-state index contributed by atoms with van der Waals surface area (Å²) >= 11 is 0. The van der Waals surface area contributed by atoms with E-state index in [1.807, 2.05) is 0 Å². The molecule has 0 aliphatic carbocycles. The van der Waals surface area contributed by atoms with Crippen LogP contribution in [0.2, 0.25) is 0 Å². The van der Waals surface area contributed by atoms with Gasteiger partial charge in [-0.05, 0) is 31.2 Å². The highest BCUT2D eigenvalue weighted by atomic mass is 16.2. The summed E-state index contributed by atoms with van der Waals surface area (Å²) < 4.78 is 1.42. The van der Waals surface area contributed by atoms with Crippen LogP contribution in [0.5, 0.6) is 0 Å². The van der Waals surface area contributed by atoms with E-state index in [1.165, 1.54) is 10.6 Å². The van der Waals surface area contributed by atoms with Gasteiger partial charge in [0, 0.05) is 17.4 Å². The Morgan fingerprint density at radius 1 is 1.19 bits per heavy atom. The van der Waals surface area contributed by atoms with Crippen LogP contribution >= 0.6 is 0 Å². The van der Waals surface area contributed by atoms with E-state index in [4.69, 9.17) is 5.73 Å². The first kappa shape index (κ1) is 10.2. The predicted octanol–water partition coefficient (Wildman–Crippen LogP) is 0.416. The maximum atomic E-state index is 11.6. The van der Waals surface area contributed by atoms with Gasteiger partial charge >= 0.3 is 5.69 Å². The molecular formula is C11H11N3O2. The van der Waals surface area contributed by atoms with Crippen molar-refractivity contribution in [3.05, 3.63) is 56.9 Å². The van der Waals surface area contributed by atoms with Crippen LogP contribution in [0.15, 0.2) is 39.9 Å². The van der Waals surface area contributed by atoms with Crippen molar-refractivity contribution in [1.82, 2.24) is 9.55 Å². The number of rotatable bonds is 1. The normalized spacial score (nSPS) is 10.3. The molecule has 0 atom stereocenters. The van der Waals surface area contributed by atoms with Gasteiger partial charge in [0.15, 0.2) is 0 Å². The third-order valence-corrected chi connectivity index (χ3v) is 2.28. The van der Waals surface area contributed by atoms with Crippen molar-refractivity contribution < 1.29 is 0 Å². The highest BCUT2D eigenvalue weighted by molar-refractivity contribution is 5.45. The van der Waals surface area contributed by atoms with Crippen LogP contribution in [0, 0.1) is 6.92 Å². The first-order valence-electron chi connectivity index (χ1n) is 4.77. The molecule has 0 saturated carbocycles. The maximum Gasteiger partial charge on any atom is 0.333 e. The Labute approximate surface area is 91.2 Å². The summed E-state index contributed by atoms with van der Waals surface area (Å²) in [5.41, 5.74) is 6.60. The molecule has 0 unspecified atom stereocenters. The number of nitrogens with one attached hydrogen (secondary N) is 1. The fourth-order valence-corrected chi connectivity index (χ4v) is 1.56. The number of nitrogens with two attached hydrogens (primary N) is 1. The Kier molecular flexibility index (Phi) is 2.36. The third-order valence-electron chi connectivity index (χ3n) is 2.28. The lowest BCUT2D eigenvalue weighted by molar-refractivity contribution is 0.857. The van der Waals surface area contributed by atoms with Gasteiger partial charge in [-0.2, -0.15) is 0 Å². The summed E-state index contributed by atoms with van der Waals surface area (Å²) in [6.45, 7) is 1.70. The van der Waals surface area contributed by atoms with Gasteiger partial charge in [0.2, 0.25) is 0 Å². The molecule has 0 amide bonds. The second-order valence-electron chi connectivity index (χ2n) is 3.51. The number of nitrogens with zero attached hydrogens (tertiary/aromatic N) is 1. The quantitative estimate of drug-likeness (QED) is 0.679. The zero-order valence-electron chi connectivity index (χ0n) is 8.73. The molecule has 16 heavy (non-hydrogen) atoms. The molecule has 1 aromatic carbocycles. The largest absolute Gasteiger partial charge is 0.399 e. The van der Waals surface area contributed by atoms with Crippen molar-refractivity contribution in [2.45, 2.75) is 6.92 Å². The van der Waals surface area contributed by atoms with E-state index in [0.717, 1.165) is 0 Å². The zero-order valence-corrected chi connectivity index (χ0v) is 8.73. The molecule has 1 heterocycles. The molecule has 0 spiro atoms. The molecule has 0 aliphatic heterocycles. The molecule has 0 fully saturated rings. The fourth-order valence-electron chi connectivity index (χ4n) is 1.56. The maximum absolute atomic E-state index is 11.6. The Morgan fingerprint density at radius 3 is 2.38 bits per heavy atom. The smallest absolute Gasteiger partial charge is 0.333 e. The fraction of sp³-hybridized carbons (Fsp3) is 0.0909. The summed E-state index contributed by atoms with van der Waals surface area (Å²) in [4.78, 5) is 24.9. The molecule has 82 valence electrons. The minimum atomic E-state index is -0.449. The number of benzene rings is 1. The average molecular weight is 217 g/mol. The van der Waals surface area contributed by atoms with Crippen LogP contribution in [0.3, 0.4) is 0 Å². The highest BCUT2D eigenvalue weighted by Crippen LogP contribution is 2.09. The summed E-state index contributed by atoms with van der Waals surface area (Å²) in [7, 11) is 0.